The Morgan fingerprint density at radius 2 is 1.81 bits per heavy atom. The SMILES string of the molecule is O=c1ccc(-c2cnc(OCC(F)(F)F)nc2)nn1Cc1cc(-c2ccccn2)no1. The molecule has 0 aliphatic heterocycles. The van der Waals surface area contributed by atoms with E-state index in [4.69, 9.17) is 4.52 Å². The third-order valence-electron chi connectivity index (χ3n) is 3.95. The number of hydrogen-bond acceptors (Lipinski definition) is 8. The average Bonchev–Trinajstić information content (AvgIpc) is 3.23. The van der Waals surface area contributed by atoms with Crippen molar-refractivity contribution in [2.75, 3.05) is 6.61 Å². The van der Waals surface area contributed by atoms with Gasteiger partial charge in [0.05, 0.1) is 11.4 Å². The van der Waals surface area contributed by atoms with Gasteiger partial charge in [0.2, 0.25) is 0 Å². The molecular weight excluding hydrogens is 417 g/mol. The normalized spacial score (nSPS) is 11.5. The predicted octanol–water partition coefficient (Wildman–Crippen LogP) is 2.74. The van der Waals surface area contributed by atoms with Crippen LogP contribution in [0.25, 0.3) is 22.6 Å². The summed E-state index contributed by atoms with van der Waals surface area (Å²) in [5.74, 6) is 0.388. The molecule has 31 heavy (non-hydrogen) atoms. The summed E-state index contributed by atoms with van der Waals surface area (Å²) >= 11 is 0. The zero-order chi connectivity index (χ0) is 21.8. The fourth-order valence-electron chi connectivity index (χ4n) is 2.56. The lowest BCUT2D eigenvalue weighted by Crippen LogP contribution is -2.22. The van der Waals surface area contributed by atoms with Crippen molar-refractivity contribution in [2.24, 2.45) is 0 Å². The molecule has 0 aliphatic rings. The van der Waals surface area contributed by atoms with Gasteiger partial charge in [-0.3, -0.25) is 9.78 Å². The summed E-state index contributed by atoms with van der Waals surface area (Å²) in [6.07, 6.45) is -0.357. The van der Waals surface area contributed by atoms with Crippen molar-refractivity contribution < 1.29 is 22.4 Å². The Morgan fingerprint density at radius 1 is 1.00 bits per heavy atom. The number of alkyl halides is 3. The maximum atomic E-state index is 12.2. The van der Waals surface area contributed by atoms with E-state index in [9.17, 15) is 18.0 Å². The van der Waals surface area contributed by atoms with Gasteiger partial charge in [0, 0.05) is 36.3 Å². The lowest BCUT2D eigenvalue weighted by molar-refractivity contribution is -0.154. The molecule has 0 fully saturated rings. The first-order valence-electron chi connectivity index (χ1n) is 8.84. The van der Waals surface area contributed by atoms with Crippen molar-refractivity contribution >= 4 is 0 Å². The van der Waals surface area contributed by atoms with Crippen LogP contribution in [0.1, 0.15) is 5.76 Å². The predicted molar refractivity (Wildman–Crippen MR) is 99.9 cm³/mol. The van der Waals surface area contributed by atoms with Crippen molar-refractivity contribution in [1.82, 2.24) is 29.9 Å². The van der Waals surface area contributed by atoms with Crippen LogP contribution in [0.15, 0.2) is 64.3 Å². The van der Waals surface area contributed by atoms with Crippen molar-refractivity contribution in [3.05, 3.63) is 71.1 Å². The van der Waals surface area contributed by atoms with Gasteiger partial charge in [-0.25, -0.2) is 14.6 Å². The van der Waals surface area contributed by atoms with Gasteiger partial charge in [-0.1, -0.05) is 11.2 Å². The number of rotatable bonds is 6. The molecule has 9 nitrogen and oxygen atoms in total. The van der Waals surface area contributed by atoms with Gasteiger partial charge in [0.25, 0.3) is 5.56 Å². The molecule has 0 aliphatic carbocycles. The first-order chi connectivity index (χ1) is 14.9. The Balaban J connectivity index is 1.51. The van der Waals surface area contributed by atoms with Crippen LogP contribution < -0.4 is 10.3 Å². The highest BCUT2D eigenvalue weighted by Crippen LogP contribution is 2.19. The van der Waals surface area contributed by atoms with Gasteiger partial charge in [-0.15, -0.1) is 0 Å². The van der Waals surface area contributed by atoms with E-state index in [0.717, 1.165) is 4.68 Å². The second kappa shape index (κ2) is 8.34. The molecular formula is C19H13F3N6O3. The van der Waals surface area contributed by atoms with E-state index in [1.54, 1.807) is 24.4 Å². The summed E-state index contributed by atoms with van der Waals surface area (Å²) in [6, 6.07) is 9.35. The number of pyridine rings is 1. The topological polar surface area (TPSA) is 109 Å². The standard InChI is InChI=1S/C19H13F3N6O3/c20-19(21,22)11-30-18-24-8-12(9-25-18)14-4-5-17(29)28(26-14)10-13-7-16(27-31-13)15-3-1-2-6-23-15/h1-9H,10-11H2. The van der Waals surface area contributed by atoms with Crippen LogP contribution in [-0.4, -0.2) is 42.7 Å². The summed E-state index contributed by atoms with van der Waals surface area (Å²) in [5.41, 5.74) is 1.48. The molecule has 4 rings (SSSR count). The number of aromatic nitrogens is 6. The first-order valence-corrected chi connectivity index (χ1v) is 8.84. The third kappa shape index (κ3) is 5.10. The largest absolute Gasteiger partial charge is 0.454 e. The second-order valence-corrected chi connectivity index (χ2v) is 6.27. The van der Waals surface area contributed by atoms with Gasteiger partial charge in [-0.2, -0.15) is 18.3 Å². The molecule has 158 valence electrons. The van der Waals surface area contributed by atoms with Gasteiger partial charge in [-0.05, 0) is 18.2 Å². The van der Waals surface area contributed by atoms with E-state index < -0.39 is 18.8 Å². The minimum absolute atomic E-state index is 0.0140. The van der Waals surface area contributed by atoms with E-state index in [-0.39, 0.29) is 12.1 Å². The smallest absolute Gasteiger partial charge is 0.422 e. The second-order valence-electron chi connectivity index (χ2n) is 6.27. The fourth-order valence-corrected chi connectivity index (χ4v) is 2.56. The average molecular weight is 430 g/mol. The fraction of sp³-hybridized carbons (Fsp3) is 0.158. The number of hydrogen-bond donors (Lipinski definition) is 0. The van der Waals surface area contributed by atoms with Crippen LogP contribution in [0.4, 0.5) is 13.2 Å². The quantitative estimate of drug-likeness (QED) is 0.459. The van der Waals surface area contributed by atoms with Crippen LogP contribution in [0.3, 0.4) is 0 Å². The molecule has 4 aromatic heterocycles. The number of ether oxygens (including phenoxy) is 1. The minimum atomic E-state index is -4.49. The van der Waals surface area contributed by atoms with Crippen molar-refractivity contribution in [3.8, 4) is 28.7 Å². The van der Waals surface area contributed by atoms with E-state index in [1.165, 1.54) is 24.5 Å². The molecule has 0 saturated carbocycles. The maximum absolute atomic E-state index is 12.2. The summed E-state index contributed by atoms with van der Waals surface area (Å²) in [6.45, 7) is -1.48. The molecule has 0 aromatic carbocycles. The Labute approximate surface area is 172 Å². The molecule has 12 heteroatoms. The van der Waals surface area contributed by atoms with Crippen molar-refractivity contribution in [3.63, 3.8) is 0 Å². The Kier molecular flexibility index (Phi) is 5.43. The lowest BCUT2D eigenvalue weighted by Gasteiger charge is -2.08. The molecule has 0 saturated heterocycles. The maximum Gasteiger partial charge on any atom is 0.422 e. The summed E-state index contributed by atoms with van der Waals surface area (Å²) in [5, 5.41) is 8.18. The molecule has 4 aromatic rings. The highest BCUT2D eigenvalue weighted by Gasteiger charge is 2.28. The molecule has 0 spiro atoms. The molecule has 0 radical (unpaired) electrons. The molecule has 0 atom stereocenters. The van der Waals surface area contributed by atoms with Gasteiger partial charge < -0.3 is 9.26 Å². The minimum Gasteiger partial charge on any atom is -0.454 e. The lowest BCUT2D eigenvalue weighted by atomic mass is 10.2. The van der Waals surface area contributed by atoms with Gasteiger partial charge >= 0.3 is 12.2 Å². The summed E-state index contributed by atoms with van der Waals surface area (Å²) < 4.78 is 47.5. The molecule has 0 bridgehead atoms. The van der Waals surface area contributed by atoms with Crippen LogP contribution in [0, 0.1) is 0 Å². The molecule has 0 unspecified atom stereocenters. The Morgan fingerprint density at radius 3 is 2.52 bits per heavy atom. The van der Waals surface area contributed by atoms with Crippen LogP contribution in [-0.2, 0) is 6.54 Å². The van der Waals surface area contributed by atoms with E-state index in [2.05, 4.69) is 29.9 Å². The molecule has 0 amide bonds. The number of nitrogens with zero attached hydrogens (tertiary/aromatic N) is 6. The summed E-state index contributed by atoms with van der Waals surface area (Å²) in [7, 11) is 0. The highest BCUT2D eigenvalue weighted by atomic mass is 19.4. The first kappa shape index (κ1) is 20.2. The molecule has 0 N–H and O–H groups in total. The zero-order valence-electron chi connectivity index (χ0n) is 15.7. The third-order valence-corrected chi connectivity index (χ3v) is 3.95. The van der Waals surface area contributed by atoms with Crippen molar-refractivity contribution in [1.29, 1.82) is 0 Å². The highest BCUT2D eigenvalue weighted by molar-refractivity contribution is 5.56. The van der Waals surface area contributed by atoms with Crippen LogP contribution in [0.2, 0.25) is 0 Å². The Hall–Kier alpha value is -4.09. The monoisotopic (exact) mass is 430 g/mol. The van der Waals surface area contributed by atoms with E-state index >= 15 is 0 Å². The van der Waals surface area contributed by atoms with Crippen LogP contribution >= 0.6 is 0 Å². The summed E-state index contributed by atoms with van der Waals surface area (Å²) in [4.78, 5) is 23.8. The van der Waals surface area contributed by atoms with Gasteiger partial charge in [0.15, 0.2) is 12.4 Å². The zero-order valence-corrected chi connectivity index (χ0v) is 15.7. The van der Waals surface area contributed by atoms with Gasteiger partial charge in [0.1, 0.15) is 12.2 Å². The van der Waals surface area contributed by atoms with E-state index in [1.807, 2.05) is 6.07 Å². The molecule has 4 heterocycles. The Bertz CT molecular complexity index is 1220. The van der Waals surface area contributed by atoms with Crippen molar-refractivity contribution in [2.45, 2.75) is 12.7 Å². The van der Waals surface area contributed by atoms with E-state index in [0.29, 0.717) is 28.4 Å². The van der Waals surface area contributed by atoms with Crippen LogP contribution in [0.5, 0.6) is 6.01 Å². The number of halogens is 3.